The molecule has 13 heteroatoms. The number of hydrogen-bond donors (Lipinski definition) is 6. The van der Waals surface area contributed by atoms with Crippen LogP contribution < -0.4 is 27.1 Å². The van der Waals surface area contributed by atoms with Crippen LogP contribution in [0.5, 0.6) is 0 Å². The number of amides is 3. The minimum atomic E-state index is -1.88. The van der Waals surface area contributed by atoms with E-state index in [1.165, 1.54) is 4.68 Å². The number of aryl methyl sites for hydroxylation is 1. The van der Waals surface area contributed by atoms with Crippen LogP contribution in [-0.4, -0.2) is 62.4 Å². The van der Waals surface area contributed by atoms with Crippen LogP contribution in [0.4, 0.5) is 9.59 Å². The SMILES string of the molecule is Cc1ccn(NCc2ccccc2)c(=O)c1CC(=O)NCCONC(NC(=O)O)(N(C(=O)O)C(C)(C)C)C(C)(C)C. The molecule has 0 aliphatic rings. The van der Waals surface area contributed by atoms with Gasteiger partial charge in [0.25, 0.3) is 5.56 Å². The largest absolute Gasteiger partial charge is 0.465 e. The molecular weight excluding hydrogens is 532 g/mol. The highest BCUT2D eigenvalue weighted by atomic mass is 16.7. The second-order valence-electron chi connectivity index (χ2n) is 11.6. The molecule has 2 rings (SSSR count). The summed E-state index contributed by atoms with van der Waals surface area (Å²) in [5.41, 5.74) is 5.29. The van der Waals surface area contributed by atoms with Crippen molar-refractivity contribution in [2.24, 2.45) is 5.41 Å². The zero-order valence-corrected chi connectivity index (χ0v) is 24.7. The lowest BCUT2D eigenvalue weighted by atomic mass is 9.83. The number of pyridine rings is 1. The fourth-order valence-electron chi connectivity index (χ4n) is 4.29. The van der Waals surface area contributed by atoms with Crippen LogP contribution in [0, 0.1) is 12.3 Å². The van der Waals surface area contributed by atoms with E-state index in [1.54, 1.807) is 60.7 Å². The Balaban J connectivity index is 2.06. The van der Waals surface area contributed by atoms with Crippen LogP contribution in [0.25, 0.3) is 0 Å². The maximum atomic E-state index is 13.0. The van der Waals surface area contributed by atoms with Gasteiger partial charge in [-0.1, -0.05) is 51.1 Å². The predicted octanol–water partition coefficient (Wildman–Crippen LogP) is 2.83. The Morgan fingerprint density at radius 1 is 1.00 bits per heavy atom. The summed E-state index contributed by atoms with van der Waals surface area (Å²) in [7, 11) is 0. The van der Waals surface area contributed by atoms with E-state index < -0.39 is 34.8 Å². The molecule has 0 aliphatic heterocycles. The average Bonchev–Trinajstić information content (AvgIpc) is 2.84. The first-order valence-corrected chi connectivity index (χ1v) is 13.2. The third-order valence-electron chi connectivity index (χ3n) is 6.38. The van der Waals surface area contributed by atoms with Gasteiger partial charge >= 0.3 is 12.2 Å². The maximum Gasteiger partial charge on any atom is 0.410 e. The van der Waals surface area contributed by atoms with Crippen LogP contribution in [0.3, 0.4) is 0 Å². The summed E-state index contributed by atoms with van der Waals surface area (Å²) in [6.45, 7) is 11.9. The van der Waals surface area contributed by atoms with E-state index in [-0.39, 0.29) is 25.1 Å². The Bertz CT molecular complexity index is 1270. The molecule has 0 saturated carbocycles. The fourth-order valence-corrected chi connectivity index (χ4v) is 4.29. The van der Waals surface area contributed by atoms with E-state index in [0.717, 1.165) is 10.5 Å². The van der Waals surface area contributed by atoms with Gasteiger partial charge in [0.2, 0.25) is 11.7 Å². The average molecular weight is 575 g/mol. The van der Waals surface area contributed by atoms with Gasteiger partial charge in [-0.25, -0.2) is 14.3 Å². The number of carboxylic acid groups (broad SMARTS) is 2. The molecule has 0 aliphatic carbocycles. The first kappa shape index (κ1) is 33.1. The third kappa shape index (κ3) is 8.69. The number of rotatable bonds is 12. The normalized spacial score (nSPS) is 13.1. The van der Waals surface area contributed by atoms with Crippen molar-refractivity contribution in [2.45, 2.75) is 72.8 Å². The van der Waals surface area contributed by atoms with Crippen molar-refractivity contribution in [2.75, 3.05) is 18.6 Å². The van der Waals surface area contributed by atoms with Crippen LogP contribution in [0.2, 0.25) is 0 Å². The molecule has 3 amide bonds. The lowest BCUT2D eigenvalue weighted by Gasteiger charge is -2.54. The van der Waals surface area contributed by atoms with Gasteiger partial charge in [-0.05, 0) is 44.9 Å². The van der Waals surface area contributed by atoms with E-state index in [2.05, 4.69) is 21.5 Å². The van der Waals surface area contributed by atoms with Gasteiger partial charge in [-0.3, -0.25) is 24.6 Å². The summed E-state index contributed by atoms with van der Waals surface area (Å²) < 4.78 is 1.35. The molecule has 226 valence electrons. The second kappa shape index (κ2) is 13.5. The number of benzene rings is 1. The Morgan fingerprint density at radius 3 is 2.17 bits per heavy atom. The van der Waals surface area contributed by atoms with Gasteiger partial charge in [0, 0.05) is 29.3 Å². The number of nitrogens with one attached hydrogen (secondary N) is 4. The Kier molecular flexibility index (Phi) is 10.9. The summed E-state index contributed by atoms with van der Waals surface area (Å²) >= 11 is 0. The van der Waals surface area contributed by atoms with Crippen LogP contribution in [-0.2, 0) is 22.6 Å². The predicted molar refractivity (Wildman–Crippen MR) is 154 cm³/mol. The summed E-state index contributed by atoms with van der Waals surface area (Å²) in [6.07, 6.45) is -1.36. The Hall–Kier alpha value is -4.10. The van der Waals surface area contributed by atoms with Crippen LogP contribution >= 0.6 is 0 Å². The molecule has 6 N–H and O–H groups in total. The standard InChI is InChI=1S/C28H42N6O7/c1-19-13-15-33(30-18-20-11-9-8-10-12-20)23(36)21(19)17-22(35)29-14-16-41-32-28(26(2,3)4,31-24(37)38)34(25(39)40)27(5,6)7/h8-13,15,30-32H,14,16-18H2,1-7H3,(H,29,35)(H,37,38)(H,39,40). The second-order valence-corrected chi connectivity index (χ2v) is 11.6. The van der Waals surface area contributed by atoms with Gasteiger partial charge in [-0.2, -0.15) is 5.48 Å². The lowest BCUT2D eigenvalue weighted by molar-refractivity contribution is -0.167. The lowest BCUT2D eigenvalue weighted by Crippen LogP contribution is -2.78. The molecule has 0 fully saturated rings. The van der Waals surface area contributed by atoms with Crippen LogP contribution in [0.1, 0.15) is 58.2 Å². The van der Waals surface area contributed by atoms with E-state index in [1.807, 2.05) is 30.3 Å². The van der Waals surface area contributed by atoms with Crippen molar-refractivity contribution >= 4 is 18.1 Å². The van der Waals surface area contributed by atoms with E-state index in [4.69, 9.17) is 4.84 Å². The minimum absolute atomic E-state index is 0.00798. The van der Waals surface area contributed by atoms with Crippen LogP contribution in [0.15, 0.2) is 47.4 Å². The van der Waals surface area contributed by atoms with Gasteiger partial charge in [-0.15, -0.1) is 0 Å². The summed E-state index contributed by atoms with van der Waals surface area (Å²) in [4.78, 5) is 56.2. The van der Waals surface area contributed by atoms with E-state index in [9.17, 15) is 29.4 Å². The monoisotopic (exact) mass is 574 g/mol. The zero-order chi connectivity index (χ0) is 31.0. The number of hydrogen-bond acceptors (Lipinski definition) is 7. The highest BCUT2D eigenvalue weighted by Gasteiger charge is 2.55. The molecule has 13 nitrogen and oxygen atoms in total. The Morgan fingerprint density at radius 2 is 1.63 bits per heavy atom. The molecule has 2 aromatic rings. The highest BCUT2D eigenvalue weighted by molar-refractivity contribution is 5.78. The van der Waals surface area contributed by atoms with Gasteiger partial charge in [0.05, 0.1) is 19.6 Å². The molecule has 1 heterocycles. The zero-order valence-electron chi connectivity index (χ0n) is 24.7. The molecule has 41 heavy (non-hydrogen) atoms. The molecular formula is C28H42N6O7. The molecule has 0 spiro atoms. The topological polar surface area (TPSA) is 174 Å². The number of hydroxylamine groups is 1. The first-order chi connectivity index (χ1) is 19.0. The molecule has 1 unspecified atom stereocenters. The summed E-state index contributed by atoms with van der Waals surface area (Å²) in [5.74, 6) is -2.30. The third-order valence-corrected chi connectivity index (χ3v) is 6.38. The minimum Gasteiger partial charge on any atom is -0.465 e. The summed E-state index contributed by atoms with van der Waals surface area (Å²) in [5, 5.41) is 24.5. The molecule has 1 aromatic carbocycles. The van der Waals surface area contributed by atoms with Crippen molar-refractivity contribution in [3.05, 3.63) is 69.6 Å². The van der Waals surface area contributed by atoms with Gasteiger partial charge < -0.3 is 21.0 Å². The molecule has 1 aromatic heterocycles. The van der Waals surface area contributed by atoms with Crippen molar-refractivity contribution in [3.8, 4) is 0 Å². The van der Waals surface area contributed by atoms with Crippen molar-refractivity contribution < 1.29 is 29.4 Å². The first-order valence-electron chi connectivity index (χ1n) is 13.2. The van der Waals surface area contributed by atoms with E-state index >= 15 is 0 Å². The Labute approximate surface area is 239 Å². The van der Waals surface area contributed by atoms with Gasteiger partial charge in [0.1, 0.15) is 0 Å². The number of nitrogens with zero attached hydrogens (tertiary/aromatic N) is 2. The van der Waals surface area contributed by atoms with Crippen molar-refractivity contribution in [1.29, 1.82) is 0 Å². The molecule has 0 bridgehead atoms. The highest BCUT2D eigenvalue weighted by Crippen LogP contribution is 2.36. The number of carbonyl (C=O) groups excluding carboxylic acids is 1. The van der Waals surface area contributed by atoms with Crippen molar-refractivity contribution in [3.63, 3.8) is 0 Å². The van der Waals surface area contributed by atoms with E-state index in [0.29, 0.717) is 17.7 Å². The molecule has 0 radical (unpaired) electrons. The van der Waals surface area contributed by atoms with Gasteiger partial charge in [0.15, 0.2) is 0 Å². The number of carbonyl (C=O) groups is 3. The fraction of sp³-hybridized carbons (Fsp3) is 0.500. The maximum absolute atomic E-state index is 13.0. The smallest absolute Gasteiger partial charge is 0.410 e. The molecule has 0 saturated heterocycles. The number of aromatic nitrogens is 1. The summed E-state index contributed by atoms with van der Waals surface area (Å²) in [6, 6.07) is 11.3. The molecule has 1 atom stereocenters. The van der Waals surface area contributed by atoms with Crippen molar-refractivity contribution in [1.82, 2.24) is 25.7 Å². The quantitative estimate of drug-likeness (QED) is 0.127.